The van der Waals surface area contributed by atoms with Crippen molar-refractivity contribution in [1.82, 2.24) is 4.98 Å². The molecular weight excluding hydrogens is 386 g/mol. The topological polar surface area (TPSA) is 22.1 Å². The summed E-state index contributed by atoms with van der Waals surface area (Å²) in [4.78, 5) is 3.02. The van der Waals surface area contributed by atoms with E-state index >= 15 is 0 Å². The summed E-state index contributed by atoms with van der Waals surface area (Å²) in [5.41, 5.74) is -2.79. The normalized spacial score (nSPS) is 12.7. The molecule has 102 valence electrons. The fourth-order valence-corrected chi connectivity index (χ4v) is 1.91. The second-order valence-corrected chi connectivity index (χ2v) is 4.11. The van der Waals surface area contributed by atoms with E-state index in [2.05, 4.69) is 9.72 Å². The third kappa shape index (κ3) is 3.59. The zero-order chi connectivity index (χ0) is 14.1. The van der Waals surface area contributed by atoms with Crippen molar-refractivity contribution < 1.29 is 35.5 Å². The molecule has 0 radical (unpaired) electrons. The molecule has 1 aromatic heterocycles. The summed E-state index contributed by atoms with van der Waals surface area (Å²) in [6, 6.07) is 0. The van der Waals surface area contributed by atoms with Crippen LogP contribution in [0, 0.1) is 3.57 Å². The lowest BCUT2D eigenvalue weighted by atomic mass is 10.1. The maximum Gasteiger partial charge on any atom is 0.574 e. The highest BCUT2D eigenvalue weighted by Crippen LogP contribution is 2.39. The quantitative estimate of drug-likeness (QED) is 0.562. The van der Waals surface area contributed by atoms with Gasteiger partial charge < -0.3 is 4.74 Å². The third-order valence-electron chi connectivity index (χ3n) is 1.72. The van der Waals surface area contributed by atoms with Crippen LogP contribution in [0.2, 0.25) is 0 Å². The molecule has 0 spiro atoms. The molecule has 10 heteroatoms. The average molecular weight is 389 g/mol. The Morgan fingerprint density at radius 1 is 1.17 bits per heavy atom. The van der Waals surface area contributed by atoms with Gasteiger partial charge in [-0.3, -0.25) is 0 Å². The number of nitrogens with zero attached hydrogens (tertiary/aromatic N) is 1. The van der Waals surface area contributed by atoms with Crippen LogP contribution >= 0.6 is 22.6 Å². The highest BCUT2D eigenvalue weighted by molar-refractivity contribution is 14.1. The monoisotopic (exact) mass is 389 g/mol. The number of hydrogen-bond donors (Lipinski definition) is 0. The maximum absolute atomic E-state index is 12.6. The number of halogens is 8. The SMILES string of the molecule is FCc1c(OC(F)(F)F)ncc(I)c1C(F)(F)F. The van der Waals surface area contributed by atoms with Gasteiger partial charge in [0.05, 0.1) is 11.1 Å². The molecule has 1 aromatic rings. The molecule has 0 amide bonds. The van der Waals surface area contributed by atoms with Crippen molar-refractivity contribution in [3.8, 4) is 5.88 Å². The molecule has 0 N–H and O–H groups in total. The minimum Gasteiger partial charge on any atom is -0.387 e. The largest absolute Gasteiger partial charge is 0.574 e. The van der Waals surface area contributed by atoms with Gasteiger partial charge in [0.2, 0.25) is 5.88 Å². The van der Waals surface area contributed by atoms with Gasteiger partial charge >= 0.3 is 12.5 Å². The molecule has 0 fully saturated rings. The summed E-state index contributed by atoms with van der Waals surface area (Å²) in [7, 11) is 0. The summed E-state index contributed by atoms with van der Waals surface area (Å²) < 4.78 is 88.8. The first-order chi connectivity index (χ1) is 8.06. The van der Waals surface area contributed by atoms with E-state index in [0.29, 0.717) is 6.20 Å². The molecule has 0 aliphatic heterocycles. The van der Waals surface area contributed by atoms with E-state index < -0.39 is 39.8 Å². The van der Waals surface area contributed by atoms with E-state index in [0.717, 1.165) is 0 Å². The molecule has 1 heterocycles. The first-order valence-electron chi connectivity index (χ1n) is 4.12. The minimum atomic E-state index is -5.24. The number of aromatic nitrogens is 1. The molecule has 0 aliphatic carbocycles. The number of pyridine rings is 1. The molecule has 0 aromatic carbocycles. The fourth-order valence-electron chi connectivity index (χ4n) is 1.14. The van der Waals surface area contributed by atoms with Crippen LogP contribution in [0.25, 0.3) is 0 Å². The Labute approximate surface area is 109 Å². The molecule has 0 bridgehead atoms. The minimum absolute atomic E-state index is 0.512. The lowest BCUT2D eigenvalue weighted by molar-refractivity contribution is -0.276. The van der Waals surface area contributed by atoms with Crippen LogP contribution in [0.5, 0.6) is 5.88 Å². The number of ether oxygens (including phenoxy) is 1. The van der Waals surface area contributed by atoms with Gasteiger partial charge in [-0.2, -0.15) is 13.2 Å². The summed E-state index contributed by atoms with van der Waals surface area (Å²) in [5.74, 6) is -1.43. The Morgan fingerprint density at radius 2 is 1.72 bits per heavy atom. The predicted molar refractivity (Wildman–Crippen MR) is 53.5 cm³/mol. The molecule has 0 saturated carbocycles. The van der Waals surface area contributed by atoms with E-state index in [1.807, 2.05) is 0 Å². The van der Waals surface area contributed by atoms with Gasteiger partial charge in [0.1, 0.15) is 6.67 Å². The summed E-state index contributed by atoms with van der Waals surface area (Å²) in [6.45, 7) is -1.77. The van der Waals surface area contributed by atoms with Gasteiger partial charge in [0, 0.05) is 9.77 Å². The van der Waals surface area contributed by atoms with Crippen LogP contribution < -0.4 is 4.74 Å². The second kappa shape index (κ2) is 5.05. The molecule has 0 unspecified atom stereocenters. The summed E-state index contributed by atoms with van der Waals surface area (Å²) in [5, 5.41) is 0. The second-order valence-electron chi connectivity index (χ2n) is 2.94. The molecule has 2 nitrogen and oxygen atoms in total. The smallest absolute Gasteiger partial charge is 0.387 e. The molecule has 0 saturated heterocycles. The predicted octanol–water partition coefficient (Wildman–Crippen LogP) is 4.07. The third-order valence-corrected chi connectivity index (χ3v) is 2.54. The van der Waals surface area contributed by atoms with Crippen molar-refractivity contribution in [2.45, 2.75) is 19.2 Å². The van der Waals surface area contributed by atoms with Gasteiger partial charge in [-0.1, -0.05) is 0 Å². The molecule has 1 rings (SSSR count). The van der Waals surface area contributed by atoms with Crippen molar-refractivity contribution >= 4 is 22.6 Å². The summed E-state index contributed by atoms with van der Waals surface area (Å²) >= 11 is 1.20. The molecule has 18 heavy (non-hydrogen) atoms. The number of hydrogen-bond acceptors (Lipinski definition) is 2. The highest BCUT2D eigenvalue weighted by atomic mass is 127. The lowest BCUT2D eigenvalue weighted by Gasteiger charge is -2.16. The van der Waals surface area contributed by atoms with Crippen molar-refractivity contribution in [2.24, 2.45) is 0 Å². The van der Waals surface area contributed by atoms with E-state index in [9.17, 15) is 30.7 Å². The van der Waals surface area contributed by atoms with Gasteiger partial charge in [-0.05, 0) is 22.6 Å². The van der Waals surface area contributed by atoms with Gasteiger partial charge in [0.15, 0.2) is 0 Å². The van der Waals surface area contributed by atoms with E-state index in [1.54, 1.807) is 0 Å². The van der Waals surface area contributed by atoms with Gasteiger partial charge in [-0.15, -0.1) is 13.2 Å². The van der Waals surface area contributed by atoms with E-state index in [1.165, 1.54) is 22.6 Å². The highest BCUT2D eigenvalue weighted by Gasteiger charge is 2.40. The number of alkyl halides is 7. The lowest BCUT2D eigenvalue weighted by Crippen LogP contribution is -2.21. The number of rotatable bonds is 2. The van der Waals surface area contributed by atoms with Crippen LogP contribution in [0.4, 0.5) is 30.7 Å². The standard InChI is InChI=1S/C8H3F7INO/c9-1-3-5(7(10,11)12)4(16)2-17-6(3)18-8(13,14)15/h2H,1H2. The Hall–Kier alpha value is -0.810. The average Bonchev–Trinajstić information content (AvgIpc) is 2.16. The van der Waals surface area contributed by atoms with E-state index in [-0.39, 0.29) is 0 Å². The summed E-state index contributed by atoms with van der Waals surface area (Å²) in [6.07, 6.45) is -9.71. The maximum atomic E-state index is 12.6. The molecular formula is C8H3F7INO. The molecule has 0 atom stereocenters. The van der Waals surface area contributed by atoms with Gasteiger partial charge in [-0.25, -0.2) is 9.37 Å². The van der Waals surface area contributed by atoms with Crippen LogP contribution in [0.1, 0.15) is 11.1 Å². The van der Waals surface area contributed by atoms with Crippen molar-refractivity contribution in [3.05, 3.63) is 20.9 Å². The Kier molecular flexibility index (Phi) is 4.28. The Balaban J connectivity index is 3.39. The Morgan fingerprint density at radius 3 is 2.11 bits per heavy atom. The zero-order valence-corrected chi connectivity index (χ0v) is 10.3. The zero-order valence-electron chi connectivity index (χ0n) is 8.16. The van der Waals surface area contributed by atoms with Crippen molar-refractivity contribution in [3.63, 3.8) is 0 Å². The van der Waals surface area contributed by atoms with Crippen LogP contribution in [-0.2, 0) is 12.9 Å². The van der Waals surface area contributed by atoms with Crippen molar-refractivity contribution in [1.29, 1.82) is 0 Å². The van der Waals surface area contributed by atoms with Crippen LogP contribution in [0.15, 0.2) is 6.20 Å². The van der Waals surface area contributed by atoms with Crippen LogP contribution in [0.3, 0.4) is 0 Å². The fraction of sp³-hybridized carbons (Fsp3) is 0.375. The molecule has 0 aliphatic rings. The van der Waals surface area contributed by atoms with Crippen molar-refractivity contribution in [2.75, 3.05) is 0 Å². The first kappa shape index (κ1) is 15.2. The Bertz CT molecular complexity index is 442. The first-order valence-corrected chi connectivity index (χ1v) is 5.20. The van der Waals surface area contributed by atoms with Crippen LogP contribution in [-0.4, -0.2) is 11.3 Å². The van der Waals surface area contributed by atoms with Gasteiger partial charge in [0.25, 0.3) is 0 Å². The van der Waals surface area contributed by atoms with E-state index in [4.69, 9.17) is 0 Å².